The van der Waals surface area contributed by atoms with Crippen LogP contribution in [0.4, 0.5) is 0 Å². The van der Waals surface area contributed by atoms with Crippen LogP contribution in [0.1, 0.15) is 25.5 Å². The minimum Gasteiger partial charge on any atom is -0.466 e. The summed E-state index contributed by atoms with van der Waals surface area (Å²) in [6.07, 6.45) is 1.65. The van der Waals surface area contributed by atoms with Crippen molar-refractivity contribution in [3.63, 3.8) is 0 Å². The maximum atomic E-state index is 12.6. The van der Waals surface area contributed by atoms with Crippen LogP contribution < -0.4 is 0 Å². The molecule has 2 amide bonds. The van der Waals surface area contributed by atoms with Crippen LogP contribution in [-0.4, -0.2) is 65.9 Å². The number of thiophene rings is 1. The van der Waals surface area contributed by atoms with E-state index in [1.165, 1.54) is 16.2 Å². The highest BCUT2D eigenvalue weighted by Gasteiger charge is 2.30. The fourth-order valence-corrected chi connectivity index (χ4v) is 4.87. The Morgan fingerprint density at radius 2 is 2.17 bits per heavy atom. The molecule has 3 heterocycles. The number of likely N-dealkylation sites (N-methyl/N-ethyl adjacent to an activating group) is 1. The summed E-state index contributed by atoms with van der Waals surface area (Å²) in [5, 5.41) is 4.78. The number of hydrogen-bond donors (Lipinski definition) is 0. The standard InChI is InChI=1S/C20H25N3O4S2/c1-3-27-20(26)14-6-4-8-23(11-14)18(25)12-22(2)17(24)10-15-13-29-19(21-15)16-7-5-9-28-16/h5,7,9,13-14H,3-4,6,8,10-12H2,1-2H3. The summed E-state index contributed by atoms with van der Waals surface area (Å²) in [4.78, 5) is 45.8. The Hall–Kier alpha value is -2.26. The summed E-state index contributed by atoms with van der Waals surface area (Å²) in [6, 6.07) is 3.97. The third-order valence-corrected chi connectivity index (χ3v) is 6.74. The first kappa shape index (κ1) is 21.4. The van der Waals surface area contributed by atoms with Crippen LogP contribution in [0.5, 0.6) is 0 Å². The number of carbonyl (C=O) groups is 3. The first-order valence-electron chi connectivity index (χ1n) is 9.64. The number of likely N-dealkylation sites (tertiary alicyclic amines) is 1. The summed E-state index contributed by atoms with van der Waals surface area (Å²) >= 11 is 3.13. The molecule has 1 unspecified atom stereocenters. The second kappa shape index (κ2) is 9.98. The van der Waals surface area contributed by atoms with Crippen molar-refractivity contribution in [2.45, 2.75) is 26.2 Å². The zero-order valence-corrected chi connectivity index (χ0v) is 18.3. The highest BCUT2D eigenvalue weighted by Crippen LogP contribution is 2.28. The van der Waals surface area contributed by atoms with Gasteiger partial charge >= 0.3 is 5.97 Å². The van der Waals surface area contributed by atoms with Crippen molar-refractivity contribution in [2.75, 3.05) is 33.3 Å². The van der Waals surface area contributed by atoms with Gasteiger partial charge in [0.2, 0.25) is 11.8 Å². The average Bonchev–Trinajstić information content (AvgIpc) is 3.40. The van der Waals surface area contributed by atoms with Crippen LogP contribution in [0.15, 0.2) is 22.9 Å². The SMILES string of the molecule is CCOC(=O)C1CCCN(C(=O)CN(C)C(=O)Cc2csc(-c3cccs3)n2)C1. The van der Waals surface area contributed by atoms with Crippen molar-refractivity contribution >= 4 is 40.5 Å². The van der Waals surface area contributed by atoms with Crippen molar-refractivity contribution in [2.24, 2.45) is 5.92 Å². The summed E-state index contributed by atoms with van der Waals surface area (Å²) < 4.78 is 5.08. The largest absolute Gasteiger partial charge is 0.466 e. The zero-order chi connectivity index (χ0) is 20.8. The van der Waals surface area contributed by atoms with E-state index in [2.05, 4.69) is 4.98 Å². The van der Waals surface area contributed by atoms with E-state index in [0.29, 0.717) is 25.4 Å². The van der Waals surface area contributed by atoms with Gasteiger partial charge < -0.3 is 14.5 Å². The van der Waals surface area contributed by atoms with E-state index in [4.69, 9.17) is 4.74 Å². The summed E-state index contributed by atoms with van der Waals surface area (Å²) in [5.74, 6) is -0.827. The first-order chi connectivity index (χ1) is 14.0. The minimum atomic E-state index is -0.278. The maximum absolute atomic E-state index is 12.6. The van der Waals surface area contributed by atoms with Crippen molar-refractivity contribution in [1.82, 2.24) is 14.8 Å². The average molecular weight is 436 g/mol. The normalized spacial score (nSPS) is 16.5. The second-order valence-electron chi connectivity index (χ2n) is 6.98. The van der Waals surface area contributed by atoms with Crippen molar-refractivity contribution in [3.8, 4) is 9.88 Å². The molecular weight excluding hydrogens is 410 g/mol. The van der Waals surface area contributed by atoms with E-state index < -0.39 is 0 Å². The predicted molar refractivity (Wildman–Crippen MR) is 113 cm³/mol. The van der Waals surface area contributed by atoms with E-state index >= 15 is 0 Å². The lowest BCUT2D eigenvalue weighted by atomic mass is 9.98. The van der Waals surface area contributed by atoms with Crippen molar-refractivity contribution < 1.29 is 19.1 Å². The Kier molecular flexibility index (Phi) is 7.38. The van der Waals surface area contributed by atoms with Crippen molar-refractivity contribution in [3.05, 3.63) is 28.6 Å². The molecule has 156 valence electrons. The van der Waals surface area contributed by atoms with Crippen LogP contribution in [0.3, 0.4) is 0 Å². The molecule has 7 nitrogen and oxygen atoms in total. The number of carbonyl (C=O) groups excluding carboxylic acids is 3. The van der Waals surface area contributed by atoms with E-state index in [1.54, 1.807) is 30.2 Å². The molecule has 3 rings (SSSR count). The molecule has 2 aromatic heterocycles. The van der Waals surface area contributed by atoms with Gasteiger partial charge in [0, 0.05) is 25.5 Å². The van der Waals surface area contributed by atoms with Gasteiger partial charge in [0.05, 0.1) is 36.1 Å². The molecule has 29 heavy (non-hydrogen) atoms. The third-order valence-electron chi connectivity index (χ3n) is 4.81. The molecule has 0 aromatic carbocycles. The van der Waals surface area contributed by atoms with Crippen LogP contribution in [0.25, 0.3) is 9.88 Å². The Morgan fingerprint density at radius 3 is 2.90 bits per heavy atom. The molecule has 1 saturated heterocycles. The number of nitrogens with zero attached hydrogens (tertiary/aromatic N) is 3. The topological polar surface area (TPSA) is 79.8 Å². The first-order valence-corrected chi connectivity index (χ1v) is 11.4. The maximum Gasteiger partial charge on any atom is 0.310 e. The quantitative estimate of drug-likeness (QED) is 0.625. The van der Waals surface area contributed by atoms with Crippen LogP contribution in [0, 0.1) is 5.92 Å². The Morgan fingerprint density at radius 1 is 1.34 bits per heavy atom. The van der Waals surface area contributed by atoms with Gasteiger partial charge in [0.25, 0.3) is 0 Å². The van der Waals surface area contributed by atoms with Gasteiger partial charge in [-0.05, 0) is 31.2 Å². The van der Waals surface area contributed by atoms with Gasteiger partial charge in [0.1, 0.15) is 5.01 Å². The number of hydrogen-bond acceptors (Lipinski definition) is 7. The fourth-order valence-electron chi connectivity index (χ4n) is 3.24. The molecule has 1 atom stereocenters. The number of thiazole rings is 1. The number of amides is 2. The monoisotopic (exact) mass is 435 g/mol. The van der Waals surface area contributed by atoms with Crippen LogP contribution >= 0.6 is 22.7 Å². The number of rotatable bonds is 7. The molecule has 0 bridgehead atoms. The van der Waals surface area contributed by atoms with E-state index in [9.17, 15) is 14.4 Å². The summed E-state index contributed by atoms with van der Waals surface area (Å²) in [7, 11) is 1.62. The third kappa shape index (κ3) is 5.63. The highest BCUT2D eigenvalue weighted by atomic mass is 32.1. The molecule has 2 aromatic rings. The molecule has 0 spiro atoms. The van der Waals surface area contributed by atoms with E-state index in [0.717, 1.165) is 22.7 Å². The van der Waals surface area contributed by atoms with Crippen molar-refractivity contribution in [1.29, 1.82) is 0 Å². The lowest BCUT2D eigenvalue weighted by Gasteiger charge is -2.32. The number of esters is 1. The molecule has 1 fully saturated rings. The van der Waals surface area contributed by atoms with Crippen LogP contribution in [0.2, 0.25) is 0 Å². The zero-order valence-electron chi connectivity index (χ0n) is 16.6. The van der Waals surface area contributed by atoms with Gasteiger partial charge in [-0.15, -0.1) is 22.7 Å². The molecule has 9 heteroatoms. The lowest BCUT2D eigenvalue weighted by molar-refractivity contribution is -0.152. The second-order valence-corrected chi connectivity index (χ2v) is 8.78. The highest BCUT2D eigenvalue weighted by molar-refractivity contribution is 7.20. The Labute approximate surface area is 178 Å². The molecular formula is C20H25N3O4S2. The molecule has 0 N–H and O–H groups in total. The van der Waals surface area contributed by atoms with Gasteiger partial charge in [-0.1, -0.05) is 6.07 Å². The molecule has 0 aliphatic carbocycles. The summed E-state index contributed by atoms with van der Waals surface area (Å²) in [5.41, 5.74) is 0.711. The molecule has 1 aliphatic heterocycles. The van der Waals surface area contributed by atoms with E-state index in [-0.39, 0.29) is 36.7 Å². The minimum absolute atomic E-state index is 0.00367. The van der Waals surface area contributed by atoms with Gasteiger partial charge in [0.15, 0.2) is 0 Å². The number of ether oxygens (including phenoxy) is 1. The number of piperidine rings is 1. The molecule has 1 aliphatic rings. The van der Waals surface area contributed by atoms with Gasteiger partial charge in [-0.25, -0.2) is 4.98 Å². The predicted octanol–water partition coefficient (Wildman–Crippen LogP) is 2.67. The summed E-state index contributed by atoms with van der Waals surface area (Å²) in [6.45, 7) is 3.07. The fraction of sp³-hybridized carbons (Fsp3) is 0.500. The Bertz CT molecular complexity index is 850. The smallest absolute Gasteiger partial charge is 0.310 e. The molecule has 0 saturated carbocycles. The van der Waals surface area contributed by atoms with Crippen LogP contribution in [-0.2, 0) is 25.5 Å². The lowest BCUT2D eigenvalue weighted by Crippen LogP contribution is -2.47. The van der Waals surface area contributed by atoms with E-state index in [1.807, 2.05) is 22.9 Å². The van der Waals surface area contributed by atoms with Gasteiger partial charge in [-0.2, -0.15) is 0 Å². The Balaban J connectivity index is 1.51. The molecule has 0 radical (unpaired) electrons. The van der Waals surface area contributed by atoms with Gasteiger partial charge in [-0.3, -0.25) is 14.4 Å². The number of aromatic nitrogens is 1.